The Balaban J connectivity index is 1.37. The highest BCUT2D eigenvalue weighted by atomic mass is 16.2. The molecule has 7 heteroatoms. The van der Waals surface area contributed by atoms with E-state index in [4.69, 9.17) is 0 Å². The molecule has 33 heavy (non-hydrogen) atoms. The van der Waals surface area contributed by atoms with E-state index in [1.54, 1.807) is 48.9 Å². The maximum atomic E-state index is 13.1. The second kappa shape index (κ2) is 9.02. The molecule has 4 aromatic rings. The first-order valence-corrected chi connectivity index (χ1v) is 11.5. The van der Waals surface area contributed by atoms with Crippen molar-refractivity contribution in [2.45, 2.75) is 45.1 Å². The van der Waals surface area contributed by atoms with Crippen LogP contribution in [0.4, 0.5) is 5.69 Å². The molecule has 0 spiro atoms. The number of ketones is 1. The highest BCUT2D eigenvalue weighted by molar-refractivity contribution is 5.98. The van der Waals surface area contributed by atoms with Crippen LogP contribution in [0.3, 0.4) is 0 Å². The topological polar surface area (TPSA) is 85.5 Å². The number of carbonyl (C=O) groups is 2. The Morgan fingerprint density at radius 2 is 1.85 bits per heavy atom. The predicted octanol–water partition coefficient (Wildman–Crippen LogP) is 4.44. The molecule has 1 aliphatic rings. The van der Waals surface area contributed by atoms with Gasteiger partial charge in [-0.05, 0) is 43.0 Å². The Bertz CT molecular complexity index is 1400. The number of para-hydroxylation sites is 1. The number of rotatable bonds is 6. The van der Waals surface area contributed by atoms with Gasteiger partial charge in [0.25, 0.3) is 5.56 Å². The number of fused-ring (bicyclic) bond motifs is 3. The molecule has 2 aromatic carbocycles. The van der Waals surface area contributed by atoms with Crippen LogP contribution in [0.25, 0.3) is 16.6 Å². The van der Waals surface area contributed by atoms with Gasteiger partial charge in [-0.25, -0.2) is 4.98 Å². The van der Waals surface area contributed by atoms with Gasteiger partial charge in [-0.2, -0.15) is 0 Å². The van der Waals surface area contributed by atoms with E-state index in [-0.39, 0.29) is 23.8 Å². The number of anilines is 1. The Morgan fingerprint density at radius 3 is 2.70 bits per heavy atom. The van der Waals surface area contributed by atoms with Crippen LogP contribution in [0.15, 0.2) is 65.8 Å². The lowest BCUT2D eigenvalue weighted by atomic mass is 9.87. The standard InChI is InChI=1S/C26H26N4O3/c31-23(16-29-25-15-27-17-30(25)22-12-5-4-11-21(22)26(29)33)19-9-6-10-20(14-19)28-24(32)13-18-7-2-1-3-8-18/h4-6,9-12,14-15,17-18H,1-3,7-8,13,16H2,(H,28,32). The van der Waals surface area contributed by atoms with Gasteiger partial charge in [0.2, 0.25) is 5.91 Å². The van der Waals surface area contributed by atoms with E-state index in [2.05, 4.69) is 10.3 Å². The number of imidazole rings is 1. The lowest BCUT2D eigenvalue weighted by molar-refractivity contribution is -0.117. The Labute approximate surface area is 191 Å². The van der Waals surface area contributed by atoms with Gasteiger partial charge < -0.3 is 5.32 Å². The zero-order valence-electron chi connectivity index (χ0n) is 18.4. The second-order valence-electron chi connectivity index (χ2n) is 8.79. The highest BCUT2D eigenvalue weighted by Gasteiger charge is 2.18. The van der Waals surface area contributed by atoms with Crippen LogP contribution in [-0.2, 0) is 11.3 Å². The number of carbonyl (C=O) groups excluding carboxylic acids is 2. The quantitative estimate of drug-likeness (QED) is 0.447. The SMILES string of the molecule is O=C(CC1CCCCC1)Nc1cccc(C(=O)Cn2c(=O)c3ccccc3n3cncc23)c1. The van der Waals surface area contributed by atoms with E-state index in [1.807, 2.05) is 16.5 Å². The first kappa shape index (κ1) is 21.1. The van der Waals surface area contributed by atoms with Gasteiger partial charge in [0, 0.05) is 17.7 Å². The van der Waals surface area contributed by atoms with Gasteiger partial charge >= 0.3 is 0 Å². The number of amides is 1. The van der Waals surface area contributed by atoms with Crippen LogP contribution in [0.1, 0.15) is 48.9 Å². The average Bonchev–Trinajstić information content (AvgIpc) is 3.32. The number of benzene rings is 2. The summed E-state index contributed by atoms with van der Waals surface area (Å²) in [6, 6.07) is 14.2. The zero-order chi connectivity index (χ0) is 22.8. The third-order valence-electron chi connectivity index (χ3n) is 6.50. The van der Waals surface area contributed by atoms with Gasteiger partial charge in [0.1, 0.15) is 12.0 Å². The fourth-order valence-corrected chi connectivity index (χ4v) is 4.81. The van der Waals surface area contributed by atoms with Crippen LogP contribution in [-0.4, -0.2) is 25.6 Å². The molecule has 0 radical (unpaired) electrons. The fourth-order valence-electron chi connectivity index (χ4n) is 4.81. The molecular formula is C26H26N4O3. The minimum Gasteiger partial charge on any atom is -0.326 e. The molecular weight excluding hydrogens is 416 g/mol. The fraction of sp³-hybridized carbons (Fsp3) is 0.308. The first-order valence-electron chi connectivity index (χ1n) is 11.5. The minimum absolute atomic E-state index is 0.0155. The van der Waals surface area contributed by atoms with Crippen molar-refractivity contribution >= 4 is 33.9 Å². The van der Waals surface area contributed by atoms with E-state index in [0.29, 0.717) is 34.6 Å². The van der Waals surface area contributed by atoms with Crippen molar-refractivity contribution in [3.63, 3.8) is 0 Å². The average molecular weight is 443 g/mol. The molecule has 0 atom stereocenters. The van der Waals surface area contributed by atoms with Crippen LogP contribution in [0.2, 0.25) is 0 Å². The number of hydrogen-bond donors (Lipinski definition) is 1. The van der Waals surface area contributed by atoms with E-state index in [0.717, 1.165) is 18.4 Å². The number of hydrogen-bond acceptors (Lipinski definition) is 4. The van der Waals surface area contributed by atoms with E-state index < -0.39 is 0 Å². The molecule has 168 valence electrons. The van der Waals surface area contributed by atoms with Crippen molar-refractivity contribution in [1.29, 1.82) is 0 Å². The Hall–Kier alpha value is -3.74. The van der Waals surface area contributed by atoms with Gasteiger partial charge in [-0.1, -0.05) is 43.5 Å². The predicted molar refractivity (Wildman–Crippen MR) is 128 cm³/mol. The maximum Gasteiger partial charge on any atom is 0.262 e. The Kier molecular flexibility index (Phi) is 5.77. The lowest BCUT2D eigenvalue weighted by Gasteiger charge is -2.20. The van der Waals surface area contributed by atoms with Gasteiger partial charge in [0.15, 0.2) is 5.78 Å². The molecule has 1 N–H and O–H groups in total. The molecule has 1 amide bonds. The van der Waals surface area contributed by atoms with Crippen molar-refractivity contribution in [1.82, 2.24) is 14.0 Å². The molecule has 0 unspecified atom stereocenters. The summed E-state index contributed by atoms with van der Waals surface area (Å²) in [6.45, 7) is -0.113. The maximum absolute atomic E-state index is 13.1. The monoisotopic (exact) mass is 442 g/mol. The largest absolute Gasteiger partial charge is 0.326 e. The van der Waals surface area contributed by atoms with Crippen molar-refractivity contribution in [2.24, 2.45) is 5.92 Å². The summed E-state index contributed by atoms with van der Waals surface area (Å²) in [7, 11) is 0. The van der Waals surface area contributed by atoms with Crippen molar-refractivity contribution in [2.75, 3.05) is 5.32 Å². The van der Waals surface area contributed by atoms with Crippen molar-refractivity contribution in [3.8, 4) is 0 Å². The zero-order valence-corrected chi connectivity index (χ0v) is 18.4. The first-order chi connectivity index (χ1) is 16.1. The number of nitrogens with zero attached hydrogens (tertiary/aromatic N) is 3. The van der Waals surface area contributed by atoms with Gasteiger partial charge in [-0.15, -0.1) is 0 Å². The normalized spacial score (nSPS) is 14.5. The molecule has 1 fully saturated rings. The third kappa shape index (κ3) is 4.31. The summed E-state index contributed by atoms with van der Waals surface area (Å²) < 4.78 is 3.26. The van der Waals surface area contributed by atoms with Crippen LogP contribution in [0.5, 0.6) is 0 Å². The molecule has 0 saturated heterocycles. The smallest absolute Gasteiger partial charge is 0.262 e. The third-order valence-corrected chi connectivity index (χ3v) is 6.50. The summed E-state index contributed by atoms with van der Waals surface area (Å²) in [4.78, 5) is 42.9. The molecule has 1 aliphatic carbocycles. The summed E-state index contributed by atoms with van der Waals surface area (Å²) >= 11 is 0. The highest BCUT2D eigenvalue weighted by Crippen LogP contribution is 2.26. The van der Waals surface area contributed by atoms with Crippen LogP contribution in [0, 0.1) is 5.92 Å². The van der Waals surface area contributed by atoms with Gasteiger partial charge in [-0.3, -0.25) is 23.4 Å². The summed E-state index contributed by atoms with van der Waals surface area (Å²) in [5.41, 5.74) is 2.12. The number of aromatic nitrogens is 3. The summed E-state index contributed by atoms with van der Waals surface area (Å²) in [6.07, 6.45) is 9.60. The van der Waals surface area contributed by atoms with E-state index in [9.17, 15) is 14.4 Å². The summed E-state index contributed by atoms with van der Waals surface area (Å²) in [5, 5.41) is 3.46. The van der Waals surface area contributed by atoms with E-state index in [1.165, 1.54) is 23.8 Å². The van der Waals surface area contributed by atoms with Crippen molar-refractivity contribution < 1.29 is 9.59 Å². The lowest BCUT2D eigenvalue weighted by Crippen LogP contribution is -2.26. The number of nitrogens with one attached hydrogen (secondary N) is 1. The van der Waals surface area contributed by atoms with Crippen molar-refractivity contribution in [3.05, 3.63) is 77.0 Å². The molecule has 0 aliphatic heterocycles. The number of Topliss-reactive ketones (excluding diaryl/α,β-unsaturated/α-hetero) is 1. The molecule has 2 heterocycles. The second-order valence-corrected chi connectivity index (χ2v) is 8.79. The Morgan fingerprint density at radius 1 is 1.03 bits per heavy atom. The molecule has 7 nitrogen and oxygen atoms in total. The molecule has 2 aromatic heterocycles. The van der Waals surface area contributed by atoms with E-state index >= 15 is 0 Å². The summed E-state index contributed by atoms with van der Waals surface area (Å²) in [5.74, 6) is 0.221. The van der Waals surface area contributed by atoms with Crippen LogP contribution < -0.4 is 10.9 Å². The molecule has 5 rings (SSSR count). The molecule has 0 bridgehead atoms. The van der Waals surface area contributed by atoms with Crippen LogP contribution >= 0.6 is 0 Å². The van der Waals surface area contributed by atoms with Gasteiger partial charge in [0.05, 0.1) is 23.6 Å². The minimum atomic E-state index is -0.233. The molecule has 1 saturated carbocycles.